The average molecular weight is 208 g/mol. The second kappa shape index (κ2) is 3.29. The van der Waals surface area contributed by atoms with Gasteiger partial charge >= 0.3 is 6.18 Å². The zero-order valence-electron chi connectivity index (χ0n) is 6.76. The highest BCUT2D eigenvalue weighted by molar-refractivity contribution is 5.93. The third-order valence-corrected chi connectivity index (χ3v) is 1.48. The number of nitrogens with one attached hydrogen (secondary N) is 2. The van der Waals surface area contributed by atoms with Crippen LogP contribution in [0.1, 0.15) is 17.5 Å². The van der Waals surface area contributed by atoms with Crippen LogP contribution >= 0.6 is 0 Å². The predicted octanol–water partition coefficient (Wildman–Crippen LogP) is 0.289. The van der Waals surface area contributed by atoms with Gasteiger partial charge in [0.05, 0.1) is 5.69 Å². The van der Waals surface area contributed by atoms with Gasteiger partial charge in [-0.2, -0.15) is 18.3 Å². The Labute approximate surface area is 76.2 Å². The monoisotopic (exact) mass is 208 g/mol. The average Bonchev–Trinajstić information content (AvgIpc) is 2.48. The normalized spacial score (nSPS) is 14.0. The Kier molecular flexibility index (Phi) is 2.47. The number of hydrogen-bond donors (Lipinski definition) is 4. The Balaban J connectivity index is 2.92. The molecule has 0 aliphatic rings. The van der Waals surface area contributed by atoms with Crippen molar-refractivity contribution in [2.75, 3.05) is 0 Å². The second-order valence-electron chi connectivity index (χ2n) is 2.57. The maximum Gasteiger partial charge on any atom is 0.420 e. The first-order valence-corrected chi connectivity index (χ1v) is 3.47. The summed E-state index contributed by atoms with van der Waals surface area (Å²) in [7, 11) is 0. The molecule has 0 aromatic carbocycles. The minimum absolute atomic E-state index is 0.136. The van der Waals surface area contributed by atoms with Crippen molar-refractivity contribution < 1.29 is 18.3 Å². The van der Waals surface area contributed by atoms with Crippen LogP contribution in [-0.4, -0.2) is 27.3 Å². The summed E-state index contributed by atoms with van der Waals surface area (Å²) in [6.45, 7) is 0. The summed E-state index contributed by atoms with van der Waals surface area (Å²) in [6, 6.07) is 0.875. The fraction of sp³-hybridized carbons (Fsp3) is 0.333. The van der Waals surface area contributed by atoms with Gasteiger partial charge in [-0.05, 0) is 6.07 Å². The van der Waals surface area contributed by atoms with Gasteiger partial charge in [-0.25, -0.2) is 0 Å². The van der Waals surface area contributed by atoms with Gasteiger partial charge in [-0.15, -0.1) is 0 Å². The molecule has 5 N–H and O–H groups in total. The fourth-order valence-electron chi connectivity index (χ4n) is 0.791. The van der Waals surface area contributed by atoms with E-state index in [2.05, 4.69) is 5.10 Å². The van der Waals surface area contributed by atoms with E-state index in [1.54, 1.807) is 0 Å². The van der Waals surface area contributed by atoms with Crippen molar-refractivity contribution >= 4 is 5.84 Å². The molecule has 0 radical (unpaired) electrons. The van der Waals surface area contributed by atoms with Gasteiger partial charge in [-0.3, -0.25) is 10.5 Å². The standard InChI is InChI=1S/C6H7F3N4O/c7-6(8,9)4(14)2-1-3(5(10)11)13-12-2/h1,4,14H,(H3,10,11)(H,12,13). The first-order valence-electron chi connectivity index (χ1n) is 3.47. The molecule has 1 atom stereocenters. The van der Waals surface area contributed by atoms with Gasteiger partial charge < -0.3 is 10.8 Å². The molecule has 1 unspecified atom stereocenters. The smallest absolute Gasteiger partial charge is 0.382 e. The van der Waals surface area contributed by atoms with Crippen molar-refractivity contribution in [2.45, 2.75) is 12.3 Å². The van der Waals surface area contributed by atoms with E-state index in [1.165, 1.54) is 0 Å². The number of alkyl halides is 3. The van der Waals surface area contributed by atoms with Crippen LogP contribution in [0.5, 0.6) is 0 Å². The number of aromatic nitrogens is 2. The Morgan fingerprint density at radius 3 is 2.57 bits per heavy atom. The van der Waals surface area contributed by atoms with Crippen LogP contribution < -0.4 is 5.73 Å². The number of hydrogen-bond acceptors (Lipinski definition) is 3. The van der Waals surface area contributed by atoms with Crippen LogP contribution in [-0.2, 0) is 0 Å². The predicted molar refractivity (Wildman–Crippen MR) is 40.6 cm³/mol. The Hall–Kier alpha value is -1.57. The lowest BCUT2D eigenvalue weighted by Gasteiger charge is -2.11. The van der Waals surface area contributed by atoms with E-state index in [4.69, 9.17) is 16.2 Å². The van der Waals surface area contributed by atoms with E-state index in [9.17, 15) is 13.2 Å². The fourth-order valence-corrected chi connectivity index (χ4v) is 0.791. The van der Waals surface area contributed by atoms with Crippen molar-refractivity contribution in [3.05, 3.63) is 17.5 Å². The van der Waals surface area contributed by atoms with Gasteiger partial charge in [0, 0.05) is 0 Å². The van der Waals surface area contributed by atoms with Gasteiger partial charge in [0.15, 0.2) is 6.10 Å². The van der Waals surface area contributed by atoms with Crippen LogP contribution in [0.2, 0.25) is 0 Å². The molecule has 0 aliphatic carbocycles. The van der Waals surface area contributed by atoms with Crippen molar-refractivity contribution in [2.24, 2.45) is 5.73 Å². The van der Waals surface area contributed by atoms with Gasteiger partial charge in [0.2, 0.25) is 0 Å². The number of aliphatic hydroxyl groups is 1. The van der Waals surface area contributed by atoms with E-state index in [-0.39, 0.29) is 5.69 Å². The highest BCUT2D eigenvalue weighted by atomic mass is 19.4. The molecule has 8 heteroatoms. The number of nitrogens with zero attached hydrogens (tertiary/aromatic N) is 1. The number of H-pyrrole nitrogens is 1. The molecule has 0 aliphatic heterocycles. The highest BCUT2D eigenvalue weighted by Gasteiger charge is 2.40. The molecule has 1 heterocycles. The van der Waals surface area contributed by atoms with Crippen molar-refractivity contribution in [1.82, 2.24) is 10.2 Å². The van der Waals surface area contributed by atoms with Crippen LogP contribution in [0, 0.1) is 5.41 Å². The molecule has 14 heavy (non-hydrogen) atoms. The lowest BCUT2D eigenvalue weighted by molar-refractivity contribution is -0.207. The van der Waals surface area contributed by atoms with Crippen molar-refractivity contribution in [3.8, 4) is 0 Å². The van der Waals surface area contributed by atoms with Crippen LogP contribution in [0.25, 0.3) is 0 Å². The van der Waals surface area contributed by atoms with Crippen molar-refractivity contribution in [1.29, 1.82) is 5.41 Å². The maximum atomic E-state index is 12.0. The Bertz CT molecular complexity index is 345. The molecule has 1 rings (SSSR count). The molecule has 0 bridgehead atoms. The summed E-state index contributed by atoms with van der Waals surface area (Å²) >= 11 is 0. The van der Waals surface area contributed by atoms with E-state index < -0.39 is 23.8 Å². The largest absolute Gasteiger partial charge is 0.420 e. The van der Waals surface area contributed by atoms with Crippen LogP contribution in [0.15, 0.2) is 6.07 Å². The molecular weight excluding hydrogens is 201 g/mol. The highest BCUT2D eigenvalue weighted by Crippen LogP contribution is 2.31. The molecule has 0 amide bonds. The number of halogens is 3. The first kappa shape index (κ1) is 10.5. The lowest BCUT2D eigenvalue weighted by Crippen LogP contribution is -2.20. The van der Waals surface area contributed by atoms with Crippen molar-refractivity contribution in [3.63, 3.8) is 0 Å². The third kappa shape index (κ3) is 2.02. The molecule has 0 spiro atoms. The number of nitrogen functional groups attached to an aromatic ring is 1. The van der Waals surface area contributed by atoms with Crippen LogP contribution in [0.4, 0.5) is 13.2 Å². The van der Waals surface area contributed by atoms with Crippen LogP contribution in [0.3, 0.4) is 0 Å². The molecule has 1 aromatic heterocycles. The zero-order chi connectivity index (χ0) is 10.9. The number of rotatable bonds is 2. The number of amidine groups is 1. The molecule has 5 nitrogen and oxygen atoms in total. The minimum atomic E-state index is -4.76. The van der Waals surface area contributed by atoms with E-state index >= 15 is 0 Å². The quantitative estimate of drug-likeness (QED) is 0.415. The van der Waals surface area contributed by atoms with Gasteiger partial charge in [0.1, 0.15) is 11.5 Å². The second-order valence-corrected chi connectivity index (χ2v) is 2.57. The topological polar surface area (TPSA) is 98.8 Å². The molecule has 0 fully saturated rings. The molecule has 0 saturated heterocycles. The van der Waals surface area contributed by atoms with Gasteiger partial charge in [-0.1, -0.05) is 0 Å². The van der Waals surface area contributed by atoms with Gasteiger partial charge in [0.25, 0.3) is 0 Å². The Morgan fingerprint density at radius 2 is 2.21 bits per heavy atom. The minimum Gasteiger partial charge on any atom is -0.382 e. The molecule has 78 valence electrons. The number of nitrogens with two attached hydrogens (primary N) is 1. The lowest BCUT2D eigenvalue weighted by atomic mass is 10.2. The van der Waals surface area contributed by atoms with E-state index in [1.807, 2.05) is 5.10 Å². The summed E-state index contributed by atoms with van der Waals surface area (Å²) in [4.78, 5) is 0. The Morgan fingerprint density at radius 1 is 1.64 bits per heavy atom. The molecule has 1 aromatic rings. The third-order valence-electron chi connectivity index (χ3n) is 1.48. The summed E-state index contributed by atoms with van der Waals surface area (Å²) in [5, 5.41) is 20.9. The maximum absolute atomic E-state index is 12.0. The molecule has 0 saturated carbocycles. The van der Waals surface area contributed by atoms with E-state index in [0.717, 1.165) is 6.07 Å². The number of aromatic amines is 1. The molecular formula is C6H7F3N4O. The first-order chi connectivity index (χ1) is 6.32. The summed E-state index contributed by atoms with van der Waals surface area (Å²) < 4.78 is 35.9. The summed E-state index contributed by atoms with van der Waals surface area (Å²) in [6.07, 6.45) is -7.40. The summed E-state index contributed by atoms with van der Waals surface area (Å²) in [5.74, 6) is -0.470. The zero-order valence-corrected chi connectivity index (χ0v) is 6.76. The number of aliphatic hydroxyl groups excluding tert-OH is 1. The summed E-state index contributed by atoms with van der Waals surface area (Å²) in [5.41, 5.74) is 4.30. The van der Waals surface area contributed by atoms with E-state index in [0.29, 0.717) is 0 Å². The SMILES string of the molecule is N=C(N)c1cc(C(O)C(F)(F)F)[nH]n1.